The second-order valence-electron chi connectivity index (χ2n) is 7.26. The largest absolute Gasteiger partial charge is 0.504 e. The number of hydrogen-bond acceptors (Lipinski definition) is 5. The highest BCUT2D eigenvalue weighted by Gasteiger charge is 2.17. The summed E-state index contributed by atoms with van der Waals surface area (Å²) in [5.74, 6) is 0.598. The van der Waals surface area contributed by atoms with Crippen molar-refractivity contribution in [2.75, 3.05) is 5.32 Å². The van der Waals surface area contributed by atoms with Crippen molar-refractivity contribution in [3.63, 3.8) is 0 Å². The van der Waals surface area contributed by atoms with E-state index in [1.54, 1.807) is 0 Å². The van der Waals surface area contributed by atoms with Crippen molar-refractivity contribution in [2.24, 2.45) is 11.3 Å². The van der Waals surface area contributed by atoms with E-state index < -0.39 is 0 Å². The zero-order chi connectivity index (χ0) is 18.2. The SMILES string of the molecule is CC(C)C1=CC(Nc2ncnc3cc(O)c(O)cc23)=CC(C)(C)C=C1. The highest BCUT2D eigenvalue weighted by atomic mass is 16.3. The van der Waals surface area contributed by atoms with Gasteiger partial charge in [0, 0.05) is 22.6 Å². The molecule has 0 atom stereocenters. The van der Waals surface area contributed by atoms with E-state index in [1.165, 1.54) is 24.0 Å². The van der Waals surface area contributed by atoms with E-state index in [4.69, 9.17) is 0 Å². The summed E-state index contributed by atoms with van der Waals surface area (Å²) < 4.78 is 0. The van der Waals surface area contributed by atoms with Crippen LogP contribution < -0.4 is 5.32 Å². The van der Waals surface area contributed by atoms with E-state index >= 15 is 0 Å². The van der Waals surface area contributed by atoms with Gasteiger partial charge in [0.2, 0.25) is 0 Å². The number of phenolic OH excluding ortho intramolecular Hbond substituents is 2. The molecule has 0 saturated heterocycles. The van der Waals surface area contributed by atoms with Gasteiger partial charge in [0.15, 0.2) is 11.5 Å². The molecular weight excluding hydrogens is 314 g/mol. The van der Waals surface area contributed by atoms with Gasteiger partial charge in [0.1, 0.15) is 12.1 Å². The molecule has 0 fully saturated rings. The van der Waals surface area contributed by atoms with Gasteiger partial charge in [-0.3, -0.25) is 0 Å². The first kappa shape index (κ1) is 17.0. The third-order valence-electron chi connectivity index (χ3n) is 4.22. The Morgan fingerprint density at radius 1 is 1.08 bits per heavy atom. The number of aromatic nitrogens is 2. The van der Waals surface area contributed by atoms with Crippen LogP contribution in [0.25, 0.3) is 10.9 Å². The monoisotopic (exact) mass is 337 g/mol. The maximum Gasteiger partial charge on any atom is 0.159 e. The van der Waals surface area contributed by atoms with Gasteiger partial charge in [0.05, 0.1) is 5.52 Å². The number of benzene rings is 1. The predicted molar refractivity (Wildman–Crippen MR) is 100 cm³/mol. The number of aromatic hydroxyl groups is 2. The van der Waals surface area contributed by atoms with Gasteiger partial charge in [-0.15, -0.1) is 0 Å². The Bertz CT molecular complexity index is 909. The highest BCUT2D eigenvalue weighted by Crippen LogP contribution is 2.33. The van der Waals surface area contributed by atoms with Crippen LogP contribution in [-0.2, 0) is 0 Å². The lowest BCUT2D eigenvalue weighted by Gasteiger charge is -2.16. The fourth-order valence-corrected chi connectivity index (χ4v) is 2.78. The molecule has 2 aromatic rings. The Balaban J connectivity index is 2.06. The summed E-state index contributed by atoms with van der Waals surface area (Å²) in [5.41, 5.74) is 2.63. The number of anilines is 1. The Morgan fingerprint density at radius 3 is 2.52 bits per heavy atom. The number of fused-ring (bicyclic) bond motifs is 1. The van der Waals surface area contributed by atoms with Gasteiger partial charge in [-0.2, -0.15) is 0 Å². The maximum atomic E-state index is 9.82. The molecule has 3 rings (SSSR count). The third kappa shape index (κ3) is 3.65. The third-order valence-corrected chi connectivity index (χ3v) is 4.22. The first-order valence-electron chi connectivity index (χ1n) is 8.32. The number of nitrogens with one attached hydrogen (secondary N) is 1. The van der Waals surface area contributed by atoms with Gasteiger partial charge < -0.3 is 15.5 Å². The van der Waals surface area contributed by atoms with E-state index in [0.29, 0.717) is 22.6 Å². The molecule has 0 unspecified atom stereocenters. The number of hydrogen-bond donors (Lipinski definition) is 3. The quantitative estimate of drug-likeness (QED) is 0.718. The van der Waals surface area contributed by atoms with E-state index in [1.807, 2.05) is 0 Å². The lowest BCUT2D eigenvalue weighted by Crippen LogP contribution is -2.07. The molecule has 0 saturated carbocycles. The van der Waals surface area contributed by atoms with E-state index in [-0.39, 0.29) is 16.9 Å². The Kier molecular flexibility index (Phi) is 4.25. The van der Waals surface area contributed by atoms with Crippen LogP contribution in [-0.4, -0.2) is 20.2 Å². The van der Waals surface area contributed by atoms with Crippen LogP contribution in [0.1, 0.15) is 27.7 Å². The summed E-state index contributed by atoms with van der Waals surface area (Å²) in [7, 11) is 0. The van der Waals surface area contributed by atoms with Crippen molar-refractivity contribution < 1.29 is 10.2 Å². The maximum absolute atomic E-state index is 9.82. The van der Waals surface area contributed by atoms with Gasteiger partial charge in [-0.25, -0.2) is 9.97 Å². The first-order valence-corrected chi connectivity index (χ1v) is 8.32. The number of rotatable bonds is 3. The van der Waals surface area contributed by atoms with Gasteiger partial charge in [-0.05, 0) is 23.6 Å². The molecule has 0 spiro atoms. The molecule has 25 heavy (non-hydrogen) atoms. The lowest BCUT2D eigenvalue weighted by atomic mass is 9.92. The minimum Gasteiger partial charge on any atom is -0.504 e. The molecule has 0 amide bonds. The lowest BCUT2D eigenvalue weighted by molar-refractivity contribution is 0.405. The molecular formula is C20H23N3O2. The molecule has 0 aliphatic heterocycles. The van der Waals surface area contributed by atoms with Crippen LogP contribution in [0.5, 0.6) is 11.5 Å². The Labute approximate surface area is 147 Å². The molecule has 1 heterocycles. The smallest absolute Gasteiger partial charge is 0.159 e. The molecule has 5 heteroatoms. The van der Waals surface area contributed by atoms with Gasteiger partial charge >= 0.3 is 0 Å². The number of phenols is 2. The summed E-state index contributed by atoms with van der Waals surface area (Å²) in [6.45, 7) is 8.61. The summed E-state index contributed by atoms with van der Waals surface area (Å²) in [6, 6.07) is 2.90. The molecule has 1 aliphatic carbocycles. The summed E-state index contributed by atoms with van der Waals surface area (Å²) in [5, 5.41) is 23.5. The van der Waals surface area contributed by atoms with E-state index in [9.17, 15) is 10.2 Å². The average Bonchev–Trinajstić information content (AvgIpc) is 2.67. The Morgan fingerprint density at radius 2 is 1.80 bits per heavy atom. The normalized spacial score (nSPS) is 16.5. The van der Waals surface area contributed by atoms with E-state index in [2.05, 4.69) is 67.3 Å². The molecule has 1 aliphatic rings. The molecule has 3 N–H and O–H groups in total. The van der Waals surface area contributed by atoms with Gasteiger partial charge in [0.25, 0.3) is 0 Å². The van der Waals surface area contributed by atoms with Crippen molar-refractivity contribution in [1.82, 2.24) is 9.97 Å². The van der Waals surface area contributed by atoms with Crippen LogP contribution in [0.2, 0.25) is 0 Å². The van der Waals surface area contributed by atoms with Crippen molar-refractivity contribution >= 4 is 16.7 Å². The second kappa shape index (κ2) is 6.24. The van der Waals surface area contributed by atoms with Crippen molar-refractivity contribution in [3.8, 4) is 11.5 Å². The molecule has 130 valence electrons. The first-order chi connectivity index (χ1) is 11.7. The summed E-state index contributed by atoms with van der Waals surface area (Å²) in [6.07, 6.45) is 10.1. The fourth-order valence-electron chi connectivity index (χ4n) is 2.78. The Hall–Kier alpha value is -2.82. The van der Waals surface area contributed by atoms with Crippen molar-refractivity contribution in [2.45, 2.75) is 27.7 Å². The number of allylic oxidation sites excluding steroid dienone is 5. The zero-order valence-corrected chi connectivity index (χ0v) is 14.9. The fraction of sp³-hybridized carbons (Fsp3) is 0.300. The van der Waals surface area contributed by atoms with Crippen molar-refractivity contribution in [1.29, 1.82) is 0 Å². The summed E-state index contributed by atoms with van der Waals surface area (Å²) in [4.78, 5) is 8.47. The molecule has 1 aromatic carbocycles. The molecule has 0 radical (unpaired) electrons. The molecule has 1 aromatic heterocycles. The van der Waals surface area contributed by atoms with Crippen LogP contribution >= 0.6 is 0 Å². The molecule has 0 bridgehead atoms. The van der Waals surface area contributed by atoms with Gasteiger partial charge in [-0.1, -0.05) is 45.9 Å². The predicted octanol–water partition coefficient (Wildman–Crippen LogP) is 4.52. The molecule has 5 nitrogen and oxygen atoms in total. The van der Waals surface area contributed by atoms with E-state index in [0.717, 1.165) is 5.70 Å². The van der Waals surface area contributed by atoms with Crippen LogP contribution in [0.15, 0.2) is 54.0 Å². The van der Waals surface area contributed by atoms with Crippen LogP contribution in [0.3, 0.4) is 0 Å². The van der Waals surface area contributed by atoms with Crippen LogP contribution in [0.4, 0.5) is 5.82 Å². The average molecular weight is 337 g/mol. The number of nitrogens with zero attached hydrogens (tertiary/aromatic N) is 2. The second-order valence-corrected chi connectivity index (χ2v) is 7.26. The topological polar surface area (TPSA) is 78.3 Å². The summed E-state index contributed by atoms with van der Waals surface area (Å²) >= 11 is 0. The van der Waals surface area contributed by atoms with Crippen molar-refractivity contribution in [3.05, 3.63) is 54.0 Å². The van der Waals surface area contributed by atoms with Crippen LogP contribution in [0, 0.1) is 11.3 Å². The standard InChI is InChI=1S/C20H23N3O2/c1-12(2)13-5-6-20(3,4)10-14(7-13)23-19-15-8-17(24)18(25)9-16(15)21-11-22-19/h5-12,24-25H,1-4H3,(H,21,22,23). The highest BCUT2D eigenvalue weighted by molar-refractivity contribution is 5.92. The minimum absolute atomic E-state index is 0.0985. The zero-order valence-electron chi connectivity index (χ0n) is 14.9. The minimum atomic E-state index is -0.196.